The summed E-state index contributed by atoms with van der Waals surface area (Å²) in [7, 11) is 0. The van der Waals surface area contributed by atoms with Crippen molar-refractivity contribution in [1.82, 2.24) is 4.90 Å². The molecule has 1 amide bonds. The number of carbonyl (C=O) groups excluding carboxylic acids is 2. The van der Waals surface area contributed by atoms with Crippen molar-refractivity contribution in [2.45, 2.75) is 26.4 Å². The van der Waals surface area contributed by atoms with E-state index in [1.807, 2.05) is 20.8 Å². The maximum atomic E-state index is 12.2. The van der Waals surface area contributed by atoms with Gasteiger partial charge in [0.2, 0.25) is 6.08 Å². The topological polar surface area (TPSA) is 71.3 Å². The molecule has 0 saturated carbocycles. The van der Waals surface area contributed by atoms with E-state index in [1.54, 1.807) is 24.3 Å². The zero-order valence-electron chi connectivity index (χ0n) is 12.3. The van der Waals surface area contributed by atoms with Crippen LogP contribution in [0.15, 0.2) is 34.3 Å². The number of hydrogen-bond donors (Lipinski definition) is 0. The second kappa shape index (κ2) is 5.89. The van der Waals surface area contributed by atoms with Crippen LogP contribution in [0.1, 0.15) is 26.3 Å². The Morgan fingerprint density at radius 2 is 2.00 bits per heavy atom. The van der Waals surface area contributed by atoms with Crippen molar-refractivity contribution in [1.29, 1.82) is 0 Å². The molecule has 0 radical (unpaired) electrons. The standard InChI is InChI=1S/C15H17N3O3/c1-15(2,3)21-14(20)18-9-8-16-13(18)11-4-6-12(7-5-11)17-10-19/h4-7H,8-9H2,1-3H3. The summed E-state index contributed by atoms with van der Waals surface area (Å²) in [4.78, 5) is 31.8. The number of rotatable bonds is 2. The molecule has 1 heterocycles. The second-order valence-corrected chi connectivity index (χ2v) is 5.59. The van der Waals surface area contributed by atoms with Gasteiger partial charge in [-0.2, -0.15) is 4.99 Å². The zero-order valence-corrected chi connectivity index (χ0v) is 12.3. The highest BCUT2D eigenvalue weighted by Crippen LogP contribution is 2.19. The van der Waals surface area contributed by atoms with E-state index in [4.69, 9.17) is 4.74 Å². The Balaban J connectivity index is 2.18. The van der Waals surface area contributed by atoms with Crippen LogP contribution in [0.5, 0.6) is 0 Å². The van der Waals surface area contributed by atoms with E-state index in [0.717, 1.165) is 5.56 Å². The van der Waals surface area contributed by atoms with Crippen molar-refractivity contribution in [3.63, 3.8) is 0 Å². The molecule has 0 unspecified atom stereocenters. The number of benzene rings is 1. The van der Waals surface area contributed by atoms with E-state index in [0.29, 0.717) is 24.6 Å². The smallest absolute Gasteiger partial charge is 0.416 e. The third kappa shape index (κ3) is 3.77. The minimum absolute atomic E-state index is 0.409. The summed E-state index contributed by atoms with van der Waals surface area (Å²) < 4.78 is 5.37. The van der Waals surface area contributed by atoms with Crippen LogP contribution in [0.25, 0.3) is 0 Å². The summed E-state index contributed by atoms with van der Waals surface area (Å²) in [5.41, 5.74) is 0.743. The first-order valence-corrected chi connectivity index (χ1v) is 6.64. The Morgan fingerprint density at radius 3 is 2.57 bits per heavy atom. The molecule has 6 nitrogen and oxygen atoms in total. The fraction of sp³-hybridized carbons (Fsp3) is 0.400. The Labute approximate surface area is 123 Å². The highest BCUT2D eigenvalue weighted by Gasteiger charge is 2.29. The lowest BCUT2D eigenvalue weighted by Crippen LogP contribution is -2.39. The van der Waals surface area contributed by atoms with Crippen LogP contribution in [0.3, 0.4) is 0 Å². The molecule has 1 aliphatic rings. The third-order valence-electron chi connectivity index (χ3n) is 2.75. The van der Waals surface area contributed by atoms with Crippen LogP contribution in [0, 0.1) is 0 Å². The minimum atomic E-state index is -0.548. The predicted molar refractivity (Wildman–Crippen MR) is 78.6 cm³/mol. The molecule has 21 heavy (non-hydrogen) atoms. The second-order valence-electron chi connectivity index (χ2n) is 5.59. The minimum Gasteiger partial charge on any atom is -0.443 e. The molecule has 0 aromatic heterocycles. The molecule has 0 bridgehead atoms. The summed E-state index contributed by atoms with van der Waals surface area (Å²) in [6, 6.07) is 6.87. The van der Waals surface area contributed by atoms with Gasteiger partial charge in [0.15, 0.2) is 0 Å². The highest BCUT2D eigenvalue weighted by molar-refractivity contribution is 6.07. The first-order valence-electron chi connectivity index (χ1n) is 6.64. The molecule has 0 saturated heterocycles. The lowest BCUT2D eigenvalue weighted by Gasteiger charge is -2.25. The maximum Gasteiger partial charge on any atom is 0.416 e. The molecule has 110 valence electrons. The summed E-state index contributed by atoms with van der Waals surface area (Å²) in [6.45, 7) is 6.51. The molecule has 0 spiro atoms. The van der Waals surface area contributed by atoms with Gasteiger partial charge in [0.05, 0.1) is 18.8 Å². The summed E-state index contributed by atoms with van der Waals surface area (Å²) >= 11 is 0. The van der Waals surface area contributed by atoms with E-state index in [9.17, 15) is 9.59 Å². The first-order chi connectivity index (χ1) is 9.90. The number of amides is 1. The van der Waals surface area contributed by atoms with Gasteiger partial charge >= 0.3 is 6.09 Å². The summed E-state index contributed by atoms with van der Waals surface area (Å²) in [5.74, 6) is 0.575. The van der Waals surface area contributed by atoms with Crippen LogP contribution < -0.4 is 0 Å². The quantitative estimate of drug-likeness (QED) is 0.620. The molecule has 1 aromatic rings. The third-order valence-corrected chi connectivity index (χ3v) is 2.75. The highest BCUT2D eigenvalue weighted by atomic mass is 16.6. The lowest BCUT2D eigenvalue weighted by atomic mass is 10.2. The number of nitrogens with zero attached hydrogens (tertiary/aromatic N) is 3. The van der Waals surface area contributed by atoms with Crippen molar-refractivity contribution in [3.05, 3.63) is 29.8 Å². The van der Waals surface area contributed by atoms with Gasteiger partial charge in [-0.05, 0) is 45.0 Å². The molecule has 1 aromatic carbocycles. The van der Waals surface area contributed by atoms with E-state index >= 15 is 0 Å². The first kappa shape index (κ1) is 14.9. The maximum absolute atomic E-state index is 12.2. The van der Waals surface area contributed by atoms with Gasteiger partial charge in [0.25, 0.3) is 0 Å². The van der Waals surface area contributed by atoms with Crippen LogP contribution in [-0.4, -0.2) is 41.6 Å². The van der Waals surface area contributed by atoms with Crippen molar-refractivity contribution < 1.29 is 14.3 Å². The SMILES string of the molecule is CC(C)(C)OC(=O)N1CCN=C1c1ccc(N=C=O)cc1. The molecule has 0 fully saturated rings. The lowest BCUT2D eigenvalue weighted by molar-refractivity contribution is 0.0385. The molecule has 2 rings (SSSR count). The molecule has 0 aliphatic carbocycles. The van der Waals surface area contributed by atoms with Gasteiger partial charge in [-0.25, -0.2) is 9.59 Å². The molecule has 0 atom stereocenters. The number of ether oxygens (including phenoxy) is 1. The van der Waals surface area contributed by atoms with Crippen molar-refractivity contribution in [2.75, 3.05) is 13.1 Å². The van der Waals surface area contributed by atoms with E-state index in [2.05, 4.69) is 9.98 Å². The average Bonchev–Trinajstić information content (AvgIpc) is 2.87. The fourth-order valence-corrected chi connectivity index (χ4v) is 1.93. The van der Waals surface area contributed by atoms with Gasteiger partial charge in [-0.3, -0.25) is 9.89 Å². The number of amidine groups is 1. The van der Waals surface area contributed by atoms with E-state index < -0.39 is 11.7 Å². The number of isocyanates is 1. The molecule has 0 N–H and O–H groups in total. The summed E-state index contributed by atoms with van der Waals surface area (Å²) in [6.07, 6.45) is 1.08. The van der Waals surface area contributed by atoms with Crippen molar-refractivity contribution in [2.24, 2.45) is 9.98 Å². The van der Waals surface area contributed by atoms with Crippen LogP contribution in [0.2, 0.25) is 0 Å². The van der Waals surface area contributed by atoms with Crippen molar-refractivity contribution in [3.8, 4) is 0 Å². The van der Waals surface area contributed by atoms with Gasteiger partial charge in [-0.15, -0.1) is 0 Å². The number of carbonyl (C=O) groups is 1. The van der Waals surface area contributed by atoms with E-state index in [1.165, 1.54) is 11.0 Å². The monoisotopic (exact) mass is 287 g/mol. The van der Waals surface area contributed by atoms with Gasteiger partial charge in [0, 0.05) is 5.56 Å². The van der Waals surface area contributed by atoms with Gasteiger partial charge in [0.1, 0.15) is 11.4 Å². The zero-order chi connectivity index (χ0) is 15.5. The Morgan fingerprint density at radius 1 is 1.33 bits per heavy atom. The number of hydrogen-bond acceptors (Lipinski definition) is 5. The molecule has 1 aliphatic heterocycles. The predicted octanol–water partition coefficient (Wildman–Crippen LogP) is 2.65. The van der Waals surface area contributed by atoms with Crippen LogP contribution >= 0.6 is 0 Å². The fourth-order valence-electron chi connectivity index (χ4n) is 1.93. The molecule has 6 heteroatoms. The number of aliphatic imine (C=N–C) groups is 2. The molecular weight excluding hydrogens is 270 g/mol. The van der Waals surface area contributed by atoms with E-state index in [-0.39, 0.29) is 0 Å². The van der Waals surface area contributed by atoms with Gasteiger partial charge in [-0.1, -0.05) is 0 Å². The Hall–Kier alpha value is -2.46. The Bertz CT molecular complexity index is 608. The van der Waals surface area contributed by atoms with Gasteiger partial charge < -0.3 is 4.74 Å². The summed E-state index contributed by atoms with van der Waals surface area (Å²) in [5, 5.41) is 0. The van der Waals surface area contributed by atoms with Crippen LogP contribution in [0.4, 0.5) is 10.5 Å². The Kier molecular flexibility index (Phi) is 4.19. The molecular formula is C15H17N3O3. The normalized spacial score (nSPS) is 14.4. The largest absolute Gasteiger partial charge is 0.443 e. The van der Waals surface area contributed by atoms with Crippen LogP contribution in [-0.2, 0) is 9.53 Å². The average molecular weight is 287 g/mol. The van der Waals surface area contributed by atoms with Crippen molar-refractivity contribution >= 4 is 23.7 Å².